The number of rotatable bonds is 6. The number of halogens is 1. The fourth-order valence-corrected chi connectivity index (χ4v) is 2.10. The summed E-state index contributed by atoms with van der Waals surface area (Å²) in [4.78, 5) is 23.2. The van der Waals surface area contributed by atoms with Gasteiger partial charge in [0.2, 0.25) is 0 Å². The number of pyridine rings is 1. The van der Waals surface area contributed by atoms with Gasteiger partial charge >= 0.3 is 5.97 Å². The minimum Gasteiger partial charge on any atom is -0.494 e. The molecular weight excluding hydrogens is 318 g/mol. The summed E-state index contributed by atoms with van der Waals surface area (Å²) in [6.45, 7) is 1.75. The van der Waals surface area contributed by atoms with Crippen molar-refractivity contribution in [3.63, 3.8) is 0 Å². The molecule has 1 rings (SSSR count). The largest absolute Gasteiger partial charge is 0.494 e. The van der Waals surface area contributed by atoms with Crippen molar-refractivity contribution in [2.75, 3.05) is 14.2 Å². The molecule has 0 aromatic carbocycles. The lowest BCUT2D eigenvalue weighted by atomic mass is 10.1. The molecule has 0 aliphatic carbocycles. The van der Waals surface area contributed by atoms with Crippen LogP contribution >= 0.6 is 15.9 Å². The molecule has 0 aliphatic heterocycles. The highest BCUT2D eigenvalue weighted by atomic mass is 79.9. The normalized spacial score (nSPS) is 13.9. The highest BCUT2D eigenvalue weighted by Crippen LogP contribution is 2.24. The fourth-order valence-electron chi connectivity index (χ4n) is 1.64. The van der Waals surface area contributed by atoms with Crippen LogP contribution in [0, 0.1) is 0 Å². The van der Waals surface area contributed by atoms with E-state index in [-0.39, 0.29) is 12.5 Å². The maximum atomic E-state index is 11.9. The van der Waals surface area contributed by atoms with Gasteiger partial charge in [0.1, 0.15) is 11.8 Å². The third-order valence-corrected chi connectivity index (χ3v) is 3.41. The zero-order valence-electron chi connectivity index (χ0n) is 10.9. The van der Waals surface area contributed by atoms with Crippen LogP contribution in [-0.4, -0.2) is 36.0 Å². The lowest BCUT2D eigenvalue weighted by Gasteiger charge is -2.19. The highest BCUT2D eigenvalue weighted by molar-refractivity contribution is 9.10. The molecule has 0 saturated carbocycles. The van der Waals surface area contributed by atoms with E-state index in [1.165, 1.54) is 26.5 Å². The van der Waals surface area contributed by atoms with Crippen LogP contribution in [0.5, 0.6) is 5.75 Å². The minimum atomic E-state index is -1.09. The van der Waals surface area contributed by atoms with Gasteiger partial charge in [0, 0.05) is 19.6 Å². The van der Waals surface area contributed by atoms with Gasteiger partial charge in [-0.05, 0) is 22.9 Å². The van der Waals surface area contributed by atoms with Gasteiger partial charge < -0.3 is 14.6 Å². The van der Waals surface area contributed by atoms with Crippen LogP contribution in [0.1, 0.15) is 19.4 Å². The summed E-state index contributed by atoms with van der Waals surface area (Å²) in [5, 5.41) is 9.26. The molecule has 0 aliphatic rings. The molecule has 0 spiro atoms. The fraction of sp³-hybridized carbons (Fsp3) is 0.500. The van der Waals surface area contributed by atoms with E-state index < -0.39 is 17.6 Å². The Morgan fingerprint density at radius 3 is 2.63 bits per heavy atom. The van der Waals surface area contributed by atoms with Crippen LogP contribution in [-0.2, 0) is 9.53 Å². The predicted octanol–water partition coefficient (Wildman–Crippen LogP) is 1.67. The van der Waals surface area contributed by atoms with E-state index in [1.54, 1.807) is 6.92 Å². The Morgan fingerprint density at radius 1 is 1.53 bits per heavy atom. The van der Waals surface area contributed by atoms with Gasteiger partial charge in [-0.2, -0.15) is 0 Å². The standard InChI is InChI=1S/C12H16BrNO5/c1-7(18-2)4-9(12(16)17)14-6-10(19-3)8(13)5-11(14)15/h5-7,9H,4H2,1-3H3,(H,16,17)/t7-,9?/m0/s1. The van der Waals surface area contributed by atoms with Crippen molar-refractivity contribution in [2.24, 2.45) is 0 Å². The first kappa shape index (κ1) is 15.7. The first-order chi connectivity index (χ1) is 8.90. The minimum absolute atomic E-state index is 0.191. The summed E-state index contributed by atoms with van der Waals surface area (Å²) in [5.74, 6) is -0.689. The Labute approximate surface area is 119 Å². The van der Waals surface area contributed by atoms with Crippen LogP contribution in [0.4, 0.5) is 0 Å². The molecule has 0 bridgehead atoms. The average molecular weight is 334 g/mol. The van der Waals surface area contributed by atoms with E-state index in [2.05, 4.69) is 15.9 Å². The Hall–Kier alpha value is -1.34. The molecule has 0 radical (unpaired) electrons. The van der Waals surface area contributed by atoms with Crippen LogP contribution in [0.15, 0.2) is 21.5 Å². The van der Waals surface area contributed by atoms with Crippen molar-refractivity contribution >= 4 is 21.9 Å². The Balaban J connectivity index is 3.23. The summed E-state index contributed by atoms with van der Waals surface area (Å²) < 4.78 is 11.8. The Kier molecular flexibility index (Phi) is 5.56. The second kappa shape index (κ2) is 6.72. The second-order valence-corrected chi connectivity index (χ2v) is 4.93. The summed E-state index contributed by atoms with van der Waals surface area (Å²) in [5.41, 5.74) is -0.414. The van der Waals surface area contributed by atoms with Crippen molar-refractivity contribution in [1.29, 1.82) is 0 Å². The van der Waals surface area contributed by atoms with Crippen LogP contribution in [0.3, 0.4) is 0 Å². The molecule has 19 heavy (non-hydrogen) atoms. The molecule has 7 heteroatoms. The van der Waals surface area contributed by atoms with Crippen LogP contribution < -0.4 is 10.3 Å². The summed E-state index contributed by atoms with van der Waals surface area (Å²) in [6, 6.07) is 0.288. The predicted molar refractivity (Wildman–Crippen MR) is 72.7 cm³/mol. The second-order valence-electron chi connectivity index (χ2n) is 4.07. The quantitative estimate of drug-likeness (QED) is 0.856. The van der Waals surface area contributed by atoms with Crippen LogP contribution in [0.2, 0.25) is 0 Å². The maximum absolute atomic E-state index is 11.9. The zero-order chi connectivity index (χ0) is 14.6. The van der Waals surface area contributed by atoms with Crippen molar-refractivity contribution < 1.29 is 19.4 Å². The molecule has 6 nitrogen and oxygen atoms in total. The summed E-state index contributed by atoms with van der Waals surface area (Å²) in [7, 11) is 2.94. The molecule has 1 heterocycles. The zero-order valence-corrected chi connectivity index (χ0v) is 12.5. The SMILES string of the molecule is COc1cn(C(C[C@H](C)OC)C(=O)O)c(=O)cc1Br. The number of hydrogen-bond acceptors (Lipinski definition) is 4. The van der Waals surface area contributed by atoms with Crippen molar-refractivity contribution in [2.45, 2.75) is 25.5 Å². The number of hydrogen-bond donors (Lipinski definition) is 1. The van der Waals surface area contributed by atoms with Crippen molar-refractivity contribution in [3.8, 4) is 5.75 Å². The van der Waals surface area contributed by atoms with Gasteiger partial charge in [-0.15, -0.1) is 0 Å². The molecule has 1 N–H and O–H groups in total. The van der Waals surface area contributed by atoms with Crippen LogP contribution in [0.25, 0.3) is 0 Å². The van der Waals surface area contributed by atoms with Gasteiger partial charge in [-0.1, -0.05) is 0 Å². The van der Waals surface area contributed by atoms with Crippen molar-refractivity contribution in [3.05, 3.63) is 27.1 Å². The molecule has 1 unspecified atom stereocenters. The van der Waals surface area contributed by atoms with Gasteiger partial charge in [-0.3, -0.25) is 9.36 Å². The molecule has 0 fully saturated rings. The Bertz CT molecular complexity index is 513. The summed E-state index contributed by atoms with van der Waals surface area (Å²) >= 11 is 3.18. The van der Waals surface area contributed by atoms with E-state index in [4.69, 9.17) is 9.47 Å². The molecule has 2 atom stereocenters. The number of methoxy groups -OCH3 is 2. The topological polar surface area (TPSA) is 77.8 Å². The third-order valence-electron chi connectivity index (χ3n) is 2.79. The summed E-state index contributed by atoms with van der Waals surface area (Å²) in [6.07, 6.45) is 1.30. The molecule has 1 aromatic rings. The first-order valence-electron chi connectivity index (χ1n) is 5.62. The number of nitrogens with zero attached hydrogens (tertiary/aromatic N) is 1. The van der Waals surface area contributed by atoms with E-state index in [0.717, 1.165) is 4.57 Å². The molecule has 0 saturated heterocycles. The third kappa shape index (κ3) is 3.81. The number of ether oxygens (including phenoxy) is 2. The number of aliphatic carboxylic acids is 1. The smallest absolute Gasteiger partial charge is 0.326 e. The molecule has 0 amide bonds. The highest BCUT2D eigenvalue weighted by Gasteiger charge is 2.24. The lowest BCUT2D eigenvalue weighted by Crippen LogP contribution is -2.31. The van der Waals surface area contributed by atoms with E-state index >= 15 is 0 Å². The molecular formula is C12H16BrNO5. The van der Waals surface area contributed by atoms with Gasteiger partial charge in [-0.25, -0.2) is 4.79 Å². The van der Waals surface area contributed by atoms with Gasteiger partial charge in [0.25, 0.3) is 5.56 Å². The van der Waals surface area contributed by atoms with E-state index in [1.807, 2.05) is 0 Å². The number of carboxylic acid groups (broad SMARTS) is 1. The van der Waals surface area contributed by atoms with Gasteiger partial charge in [0.05, 0.1) is 23.9 Å². The number of carboxylic acids is 1. The van der Waals surface area contributed by atoms with E-state index in [9.17, 15) is 14.7 Å². The Morgan fingerprint density at radius 2 is 2.16 bits per heavy atom. The lowest BCUT2D eigenvalue weighted by molar-refractivity contribution is -0.142. The molecule has 106 valence electrons. The molecule has 1 aromatic heterocycles. The number of aromatic nitrogens is 1. The first-order valence-corrected chi connectivity index (χ1v) is 6.41. The monoisotopic (exact) mass is 333 g/mol. The maximum Gasteiger partial charge on any atom is 0.326 e. The van der Waals surface area contributed by atoms with Crippen molar-refractivity contribution in [1.82, 2.24) is 4.57 Å². The number of carbonyl (C=O) groups is 1. The van der Waals surface area contributed by atoms with E-state index in [0.29, 0.717) is 10.2 Å². The average Bonchev–Trinajstić information content (AvgIpc) is 2.36. The van der Waals surface area contributed by atoms with Gasteiger partial charge in [0.15, 0.2) is 0 Å².